The smallest absolute Gasteiger partial charge is 0.257 e. The number of anilines is 2. The van der Waals surface area contributed by atoms with Crippen LogP contribution >= 0.6 is 11.3 Å². The van der Waals surface area contributed by atoms with E-state index in [0.29, 0.717) is 16.4 Å². The average molecular weight is 337 g/mol. The standard InChI is InChI=1S/C18H15N3O2S/c22-16(11-13-5-2-1-3-6-13)20-15-8-4-7-14(12-15)17(23)21-18-19-9-10-24-18/h1-10,12H,11H2,(H,20,22)(H,19,21,23). The minimum Gasteiger partial charge on any atom is -0.326 e. The lowest BCUT2D eigenvalue weighted by molar-refractivity contribution is -0.115. The molecule has 2 N–H and O–H groups in total. The maximum absolute atomic E-state index is 12.2. The summed E-state index contributed by atoms with van der Waals surface area (Å²) in [4.78, 5) is 28.3. The molecule has 0 atom stereocenters. The molecular formula is C18H15N3O2S. The molecule has 0 spiro atoms. The van der Waals surface area contributed by atoms with Gasteiger partial charge in [0.2, 0.25) is 5.91 Å². The summed E-state index contributed by atoms with van der Waals surface area (Å²) in [5, 5.41) is 7.85. The summed E-state index contributed by atoms with van der Waals surface area (Å²) in [5.41, 5.74) is 1.98. The van der Waals surface area contributed by atoms with Crippen molar-refractivity contribution in [2.24, 2.45) is 0 Å². The molecule has 3 aromatic rings. The van der Waals surface area contributed by atoms with Gasteiger partial charge in [0, 0.05) is 22.8 Å². The molecule has 5 nitrogen and oxygen atoms in total. The molecule has 0 aliphatic heterocycles. The van der Waals surface area contributed by atoms with Crippen molar-refractivity contribution in [2.75, 3.05) is 10.6 Å². The number of rotatable bonds is 5. The number of nitrogens with zero attached hydrogens (tertiary/aromatic N) is 1. The van der Waals surface area contributed by atoms with Gasteiger partial charge in [-0.25, -0.2) is 4.98 Å². The zero-order chi connectivity index (χ0) is 16.8. The number of aromatic nitrogens is 1. The summed E-state index contributed by atoms with van der Waals surface area (Å²) in [7, 11) is 0. The molecule has 1 heterocycles. The van der Waals surface area contributed by atoms with Gasteiger partial charge in [0.05, 0.1) is 6.42 Å². The van der Waals surface area contributed by atoms with Gasteiger partial charge in [0.25, 0.3) is 5.91 Å². The minimum atomic E-state index is -0.260. The van der Waals surface area contributed by atoms with Crippen molar-refractivity contribution in [3.05, 3.63) is 77.3 Å². The summed E-state index contributed by atoms with van der Waals surface area (Å²) in [5.74, 6) is -0.386. The Labute approximate surface area is 143 Å². The molecule has 0 radical (unpaired) electrons. The van der Waals surface area contributed by atoms with Gasteiger partial charge in [-0.15, -0.1) is 11.3 Å². The third-order valence-corrected chi connectivity index (χ3v) is 3.96. The highest BCUT2D eigenvalue weighted by Crippen LogP contribution is 2.15. The van der Waals surface area contributed by atoms with E-state index in [-0.39, 0.29) is 18.2 Å². The molecule has 1 aromatic heterocycles. The van der Waals surface area contributed by atoms with Gasteiger partial charge in [-0.1, -0.05) is 36.4 Å². The Morgan fingerprint density at radius 1 is 1.00 bits per heavy atom. The van der Waals surface area contributed by atoms with Crippen LogP contribution in [0.5, 0.6) is 0 Å². The summed E-state index contributed by atoms with van der Waals surface area (Å²) >= 11 is 1.35. The predicted octanol–water partition coefficient (Wildman–Crippen LogP) is 3.58. The van der Waals surface area contributed by atoms with E-state index in [0.717, 1.165) is 5.56 Å². The Balaban J connectivity index is 1.64. The summed E-state index contributed by atoms with van der Waals surface area (Å²) in [6.07, 6.45) is 1.91. The molecule has 0 bridgehead atoms. The Hall–Kier alpha value is -2.99. The monoisotopic (exact) mass is 337 g/mol. The van der Waals surface area contributed by atoms with E-state index in [1.54, 1.807) is 35.8 Å². The van der Waals surface area contributed by atoms with Crippen LogP contribution in [0.15, 0.2) is 66.2 Å². The lowest BCUT2D eigenvalue weighted by Crippen LogP contribution is -2.16. The highest BCUT2D eigenvalue weighted by Gasteiger charge is 2.09. The van der Waals surface area contributed by atoms with Crippen molar-refractivity contribution < 1.29 is 9.59 Å². The van der Waals surface area contributed by atoms with Crippen LogP contribution in [-0.4, -0.2) is 16.8 Å². The summed E-state index contributed by atoms with van der Waals surface area (Å²) in [6.45, 7) is 0. The van der Waals surface area contributed by atoms with E-state index in [9.17, 15) is 9.59 Å². The third kappa shape index (κ3) is 4.27. The van der Waals surface area contributed by atoms with E-state index < -0.39 is 0 Å². The maximum Gasteiger partial charge on any atom is 0.257 e. The van der Waals surface area contributed by atoms with Gasteiger partial charge in [-0.2, -0.15) is 0 Å². The molecule has 24 heavy (non-hydrogen) atoms. The van der Waals surface area contributed by atoms with Crippen molar-refractivity contribution in [2.45, 2.75) is 6.42 Å². The number of benzene rings is 2. The largest absolute Gasteiger partial charge is 0.326 e. The molecule has 0 aliphatic rings. The molecule has 3 rings (SSSR count). The van der Waals surface area contributed by atoms with Gasteiger partial charge in [-0.05, 0) is 23.8 Å². The average Bonchev–Trinajstić information content (AvgIpc) is 3.09. The van der Waals surface area contributed by atoms with Gasteiger partial charge in [0.1, 0.15) is 0 Å². The fraction of sp³-hybridized carbons (Fsp3) is 0.0556. The second-order valence-corrected chi connectivity index (χ2v) is 5.98. The van der Waals surface area contributed by atoms with Crippen LogP contribution in [0.25, 0.3) is 0 Å². The molecular weight excluding hydrogens is 322 g/mol. The molecule has 2 aromatic carbocycles. The van der Waals surface area contributed by atoms with E-state index in [1.165, 1.54) is 11.3 Å². The lowest BCUT2D eigenvalue weighted by Gasteiger charge is -2.07. The zero-order valence-electron chi connectivity index (χ0n) is 12.7. The molecule has 6 heteroatoms. The van der Waals surface area contributed by atoms with Crippen molar-refractivity contribution in [1.82, 2.24) is 4.98 Å². The molecule has 0 saturated heterocycles. The van der Waals surface area contributed by atoms with Crippen LogP contribution in [0.4, 0.5) is 10.8 Å². The topological polar surface area (TPSA) is 71.1 Å². The first kappa shape index (κ1) is 15.9. The highest BCUT2D eigenvalue weighted by atomic mass is 32.1. The van der Waals surface area contributed by atoms with Gasteiger partial charge in [0.15, 0.2) is 5.13 Å². The lowest BCUT2D eigenvalue weighted by atomic mass is 10.1. The molecule has 0 fully saturated rings. The van der Waals surface area contributed by atoms with E-state index >= 15 is 0 Å². The SMILES string of the molecule is O=C(Cc1ccccc1)Nc1cccc(C(=O)Nc2nccs2)c1. The first-order valence-corrected chi connectivity index (χ1v) is 8.23. The second kappa shape index (κ2) is 7.52. The Morgan fingerprint density at radius 2 is 1.83 bits per heavy atom. The van der Waals surface area contributed by atoms with Crippen LogP contribution in [0.1, 0.15) is 15.9 Å². The van der Waals surface area contributed by atoms with Crippen LogP contribution in [0.3, 0.4) is 0 Å². The van der Waals surface area contributed by atoms with Crippen molar-refractivity contribution in [1.29, 1.82) is 0 Å². The Bertz CT molecular complexity index is 832. The van der Waals surface area contributed by atoms with E-state index in [2.05, 4.69) is 15.6 Å². The number of nitrogens with one attached hydrogen (secondary N) is 2. The Morgan fingerprint density at radius 3 is 2.58 bits per heavy atom. The van der Waals surface area contributed by atoms with E-state index in [1.807, 2.05) is 30.3 Å². The van der Waals surface area contributed by atoms with E-state index in [4.69, 9.17) is 0 Å². The van der Waals surface area contributed by atoms with Gasteiger partial charge >= 0.3 is 0 Å². The summed E-state index contributed by atoms with van der Waals surface area (Å²) in [6, 6.07) is 16.3. The summed E-state index contributed by atoms with van der Waals surface area (Å²) < 4.78 is 0. The zero-order valence-corrected chi connectivity index (χ0v) is 13.5. The second-order valence-electron chi connectivity index (χ2n) is 5.08. The van der Waals surface area contributed by atoms with Crippen LogP contribution in [-0.2, 0) is 11.2 Å². The first-order chi connectivity index (χ1) is 11.7. The number of thiazole rings is 1. The predicted molar refractivity (Wildman–Crippen MR) is 95.3 cm³/mol. The molecule has 120 valence electrons. The van der Waals surface area contributed by atoms with Crippen molar-refractivity contribution in [3.63, 3.8) is 0 Å². The normalized spacial score (nSPS) is 10.2. The molecule has 0 aliphatic carbocycles. The van der Waals surface area contributed by atoms with Crippen molar-refractivity contribution >= 4 is 34.0 Å². The number of hydrogen-bond acceptors (Lipinski definition) is 4. The third-order valence-electron chi connectivity index (χ3n) is 3.27. The fourth-order valence-corrected chi connectivity index (χ4v) is 2.70. The highest BCUT2D eigenvalue weighted by molar-refractivity contribution is 7.13. The number of hydrogen-bond donors (Lipinski definition) is 2. The van der Waals surface area contributed by atoms with Crippen LogP contribution < -0.4 is 10.6 Å². The fourth-order valence-electron chi connectivity index (χ4n) is 2.18. The first-order valence-electron chi connectivity index (χ1n) is 7.35. The van der Waals surface area contributed by atoms with Crippen LogP contribution in [0, 0.1) is 0 Å². The molecule has 0 saturated carbocycles. The van der Waals surface area contributed by atoms with Crippen molar-refractivity contribution in [3.8, 4) is 0 Å². The quantitative estimate of drug-likeness (QED) is 0.747. The molecule has 0 unspecified atom stereocenters. The van der Waals surface area contributed by atoms with Crippen LogP contribution in [0.2, 0.25) is 0 Å². The minimum absolute atomic E-state index is 0.126. The Kier molecular flexibility index (Phi) is 4.98. The maximum atomic E-state index is 12.2. The van der Waals surface area contributed by atoms with Gasteiger partial charge in [-0.3, -0.25) is 14.9 Å². The number of carbonyl (C=O) groups excluding carboxylic acids is 2. The number of carbonyl (C=O) groups is 2. The van der Waals surface area contributed by atoms with Gasteiger partial charge < -0.3 is 5.32 Å². The number of amides is 2. The molecule has 2 amide bonds.